The molecule has 0 aromatic carbocycles. The molecule has 1 unspecified atom stereocenters. The molecule has 0 bridgehead atoms. The summed E-state index contributed by atoms with van der Waals surface area (Å²) in [5, 5.41) is 8.55. The Bertz CT molecular complexity index is 414. The lowest BCUT2D eigenvalue weighted by molar-refractivity contribution is -0.137. The van der Waals surface area contributed by atoms with Crippen molar-refractivity contribution in [2.45, 2.75) is 69.1 Å². The second kappa shape index (κ2) is 6.22. The molecule has 0 amide bonds. The Kier molecular flexibility index (Phi) is 4.84. The quantitative estimate of drug-likeness (QED) is 0.839. The minimum Gasteiger partial charge on any atom is -0.481 e. The average Bonchev–Trinajstić information content (AvgIpc) is 2.91. The van der Waals surface area contributed by atoms with Gasteiger partial charge in [0, 0.05) is 19.0 Å². The van der Waals surface area contributed by atoms with Crippen LogP contribution in [0.4, 0.5) is 0 Å². The Hall–Kier alpha value is -0.620. The molecule has 0 aromatic rings. The summed E-state index contributed by atoms with van der Waals surface area (Å²) in [4.78, 5) is 10.7. The highest BCUT2D eigenvalue weighted by Crippen LogP contribution is 2.32. The summed E-state index contributed by atoms with van der Waals surface area (Å²) in [7, 11) is -3.22. The molecule has 1 saturated carbocycles. The lowest BCUT2D eigenvalue weighted by Gasteiger charge is -2.36. The fourth-order valence-electron chi connectivity index (χ4n) is 3.27. The van der Waals surface area contributed by atoms with Gasteiger partial charge in [-0.1, -0.05) is 19.3 Å². The third kappa shape index (κ3) is 3.48. The number of sulfonamides is 1. The zero-order valence-corrected chi connectivity index (χ0v) is 12.1. The van der Waals surface area contributed by atoms with E-state index in [-0.39, 0.29) is 17.7 Å². The molecular formula is C13H23NO4S. The number of hydrogen-bond acceptors (Lipinski definition) is 3. The Morgan fingerprint density at radius 3 is 2.37 bits per heavy atom. The molecule has 2 fully saturated rings. The highest BCUT2D eigenvalue weighted by atomic mass is 32.2. The number of hydrogen-bond donors (Lipinski definition) is 1. The third-order valence-electron chi connectivity index (χ3n) is 4.31. The molecule has 2 aliphatic rings. The Morgan fingerprint density at radius 1 is 1.11 bits per heavy atom. The number of carboxylic acid groups (broad SMARTS) is 1. The lowest BCUT2D eigenvalue weighted by Crippen LogP contribution is -2.47. The summed E-state index contributed by atoms with van der Waals surface area (Å²) >= 11 is 0. The molecule has 0 aromatic heterocycles. The van der Waals surface area contributed by atoms with Crippen LogP contribution >= 0.6 is 0 Å². The van der Waals surface area contributed by atoms with E-state index in [1.165, 1.54) is 0 Å². The van der Waals surface area contributed by atoms with Crippen molar-refractivity contribution in [2.24, 2.45) is 0 Å². The largest absolute Gasteiger partial charge is 0.481 e. The van der Waals surface area contributed by atoms with Gasteiger partial charge in [-0.25, -0.2) is 8.42 Å². The lowest BCUT2D eigenvalue weighted by atomic mass is 10.0. The minimum atomic E-state index is -3.22. The molecule has 0 spiro atoms. The Balaban J connectivity index is 2.07. The highest BCUT2D eigenvalue weighted by molar-refractivity contribution is 7.89. The van der Waals surface area contributed by atoms with Crippen molar-refractivity contribution in [3.05, 3.63) is 0 Å². The standard InChI is InChI=1S/C13H23NO4S/c15-13(16)9-8-11-5-3-4-10-14(11)19(17,18)12-6-1-2-7-12/h11-12H,1-10H2,(H,15,16). The van der Waals surface area contributed by atoms with Crippen molar-refractivity contribution < 1.29 is 18.3 Å². The van der Waals surface area contributed by atoms with E-state index in [1.807, 2.05) is 0 Å². The smallest absolute Gasteiger partial charge is 0.303 e. The maximum atomic E-state index is 12.6. The van der Waals surface area contributed by atoms with Gasteiger partial charge in [0.05, 0.1) is 5.25 Å². The second-order valence-electron chi connectivity index (χ2n) is 5.64. The number of piperidine rings is 1. The van der Waals surface area contributed by atoms with Crippen LogP contribution in [0, 0.1) is 0 Å². The van der Waals surface area contributed by atoms with E-state index >= 15 is 0 Å². The molecule has 6 heteroatoms. The Labute approximate surface area is 115 Å². The number of carboxylic acids is 1. The van der Waals surface area contributed by atoms with E-state index in [4.69, 9.17) is 5.11 Å². The van der Waals surface area contributed by atoms with Gasteiger partial charge in [-0.3, -0.25) is 4.79 Å². The van der Waals surface area contributed by atoms with Gasteiger partial charge in [0.1, 0.15) is 0 Å². The van der Waals surface area contributed by atoms with Crippen LogP contribution in [0.2, 0.25) is 0 Å². The minimum absolute atomic E-state index is 0.0569. The molecule has 110 valence electrons. The first-order valence-electron chi connectivity index (χ1n) is 7.24. The maximum absolute atomic E-state index is 12.6. The van der Waals surface area contributed by atoms with E-state index in [2.05, 4.69) is 0 Å². The predicted molar refractivity (Wildman–Crippen MR) is 72.4 cm³/mol. The Morgan fingerprint density at radius 2 is 1.74 bits per heavy atom. The zero-order chi connectivity index (χ0) is 13.9. The van der Waals surface area contributed by atoms with Crippen LogP contribution in [0.3, 0.4) is 0 Å². The van der Waals surface area contributed by atoms with Gasteiger partial charge in [-0.2, -0.15) is 4.31 Å². The molecule has 1 saturated heterocycles. The summed E-state index contributed by atoms with van der Waals surface area (Å²) in [6.07, 6.45) is 6.74. The first-order valence-corrected chi connectivity index (χ1v) is 8.74. The molecule has 0 radical (unpaired) electrons. The van der Waals surface area contributed by atoms with Crippen LogP contribution in [-0.4, -0.2) is 41.6 Å². The van der Waals surface area contributed by atoms with Gasteiger partial charge in [0.25, 0.3) is 0 Å². The fourth-order valence-corrected chi connectivity index (χ4v) is 5.59. The van der Waals surface area contributed by atoms with Crippen molar-refractivity contribution in [1.29, 1.82) is 0 Å². The molecule has 5 nitrogen and oxygen atoms in total. The monoisotopic (exact) mass is 289 g/mol. The van der Waals surface area contributed by atoms with E-state index in [0.717, 1.165) is 44.9 Å². The summed E-state index contributed by atoms with van der Waals surface area (Å²) in [6, 6.07) is -0.101. The van der Waals surface area contributed by atoms with Gasteiger partial charge in [-0.05, 0) is 32.1 Å². The van der Waals surface area contributed by atoms with E-state index in [1.54, 1.807) is 4.31 Å². The van der Waals surface area contributed by atoms with Crippen molar-refractivity contribution in [3.63, 3.8) is 0 Å². The number of nitrogens with zero attached hydrogens (tertiary/aromatic N) is 1. The topological polar surface area (TPSA) is 74.7 Å². The summed E-state index contributed by atoms with van der Waals surface area (Å²) in [5.41, 5.74) is 0. The van der Waals surface area contributed by atoms with Gasteiger partial charge in [0.2, 0.25) is 10.0 Å². The van der Waals surface area contributed by atoms with E-state index in [9.17, 15) is 13.2 Å². The SMILES string of the molecule is O=C(O)CCC1CCCCN1S(=O)(=O)C1CCCC1. The van der Waals surface area contributed by atoms with Crippen LogP contribution in [0.5, 0.6) is 0 Å². The molecule has 1 N–H and O–H groups in total. The number of carbonyl (C=O) groups is 1. The summed E-state index contributed by atoms with van der Waals surface area (Å²) < 4.78 is 26.9. The maximum Gasteiger partial charge on any atom is 0.303 e. The van der Waals surface area contributed by atoms with E-state index < -0.39 is 16.0 Å². The molecule has 2 rings (SSSR count). The molecule has 1 aliphatic heterocycles. The van der Waals surface area contributed by atoms with Crippen molar-refractivity contribution in [3.8, 4) is 0 Å². The summed E-state index contributed by atoms with van der Waals surface area (Å²) in [5.74, 6) is -0.844. The fraction of sp³-hybridized carbons (Fsp3) is 0.923. The third-order valence-corrected chi connectivity index (χ3v) is 6.76. The van der Waals surface area contributed by atoms with Gasteiger partial charge >= 0.3 is 5.97 Å². The second-order valence-corrected chi connectivity index (χ2v) is 7.81. The zero-order valence-electron chi connectivity index (χ0n) is 11.3. The normalized spacial score (nSPS) is 26.6. The summed E-state index contributed by atoms with van der Waals surface area (Å²) in [6.45, 7) is 0.573. The molecule has 19 heavy (non-hydrogen) atoms. The first kappa shape index (κ1) is 14.8. The van der Waals surface area contributed by atoms with Crippen molar-refractivity contribution >= 4 is 16.0 Å². The molecular weight excluding hydrogens is 266 g/mol. The molecule has 1 aliphatic carbocycles. The first-order chi connectivity index (χ1) is 9.01. The average molecular weight is 289 g/mol. The number of aliphatic carboxylic acids is 1. The highest BCUT2D eigenvalue weighted by Gasteiger charge is 2.38. The van der Waals surface area contributed by atoms with Crippen LogP contribution in [0.15, 0.2) is 0 Å². The predicted octanol–water partition coefficient (Wildman–Crippen LogP) is 1.98. The number of rotatable bonds is 5. The van der Waals surface area contributed by atoms with Crippen molar-refractivity contribution in [1.82, 2.24) is 4.31 Å². The van der Waals surface area contributed by atoms with Gasteiger partial charge in [-0.15, -0.1) is 0 Å². The molecule has 1 atom stereocenters. The van der Waals surface area contributed by atoms with Crippen LogP contribution in [-0.2, 0) is 14.8 Å². The van der Waals surface area contributed by atoms with Gasteiger partial charge < -0.3 is 5.11 Å². The molecule has 1 heterocycles. The van der Waals surface area contributed by atoms with Crippen LogP contribution in [0.1, 0.15) is 57.8 Å². The van der Waals surface area contributed by atoms with Crippen LogP contribution in [0.25, 0.3) is 0 Å². The van der Waals surface area contributed by atoms with Gasteiger partial charge in [0.15, 0.2) is 0 Å². The van der Waals surface area contributed by atoms with Crippen LogP contribution < -0.4 is 0 Å². The van der Waals surface area contributed by atoms with Crippen molar-refractivity contribution in [2.75, 3.05) is 6.54 Å². The van der Waals surface area contributed by atoms with E-state index in [0.29, 0.717) is 13.0 Å².